The first-order valence-corrected chi connectivity index (χ1v) is 11.5. The van der Waals surface area contributed by atoms with Crippen LogP contribution in [0.3, 0.4) is 0 Å². The molecule has 35 heavy (non-hydrogen) atoms. The number of nitrogens with zero attached hydrogens (tertiary/aromatic N) is 1. The van der Waals surface area contributed by atoms with E-state index in [1.807, 2.05) is 0 Å². The molecule has 1 aromatic carbocycles. The Kier molecular flexibility index (Phi) is 5.85. The maximum Gasteiger partial charge on any atom is 0.266 e. The Morgan fingerprint density at radius 2 is 1.80 bits per heavy atom. The Morgan fingerprint density at radius 1 is 1.14 bits per heavy atom. The predicted molar refractivity (Wildman–Crippen MR) is 118 cm³/mol. The standard InChI is InChI=1S/C24H25F5N4O2/c1-11(12-3-2-4-13(19(12)25)21(26)27)31-22(35)16-10-33(24(5-6-24)23(28)29)18(34)7-17(16)32-20-14-8-30-9-15(14)20/h2-4,7,10-11,14-15,20-21,23,30,32H,5-6,8-9H2,1H3,(H,31,35)/t11-,14-,15+,20-/m1/s1. The molecule has 11 heteroatoms. The Labute approximate surface area is 197 Å². The lowest BCUT2D eigenvalue weighted by Crippen LogP contribution is -2.37. The zero-order chi connectivity index (χ0) is 25.1. The van der Waals surface area contributed by atoms with Gasteiger partial charge in [-0.05, 0) is 31.6 Å². The highest BCUT2D eigenvalue weighted by molar-refractivity contribution is 5.99. The van der Waals surface area contributed by atoms with Crippen LogP contribution in [0.2, 0.25) is 0 Å². The summed E-state index contributed by atoms with van der Waals surface area (Å²) in [5.74, 6) is -1.17. The van der Waals surface area contributed by atoms with E-state index in [1.54, 1.807) is 0 Å². The molecule has 1 aliphatic heterocycles. The number of nitrogens with one attached hydrogen (secondary N) is 3. The van der Waals surface area contributed by atoms with E-state index in [0.717, 1.165) is 36.0 Å². The first-order chi connectivity index (χ1) is 16.6. The Bertz CT molecular complexity index is 1200. The predicted octanol–water partition coefficient (Wildman–Crippen LogP) is 3.80. The number of rotatable bonds is 8. The number of amides is 1. The van der Waals surface area contributed by atoms with Gasteiger partial charge >= 0.3 is 0 Å². The zero-order valence-corrected chi connectivity index (χ0v) is 18.8. The van der Waals surface area contributed by atoms with Gasteiger partial charge in [0.05, 0.1) is 22.9 Å². The van der Waals surface area contributed by atoms with Crippen molar-refractivity contribution in [1.82, 2.24) is 15.2 Å². The fraction of sp³-hybridized carbons (Fsp3) is 0.500. The number of alkyl halides is 4. The molecule has 1 amide bonds. The maximum absolute atomic E-state index is 14.6. The minimum atomic E-state index is -3.02. The van der Waals surface area contributed by atoms with Crippen LogP contribution in [-0.2, 0) is 5.54 Å². The summed E-state index contributed by atoms with van der Waals surface area (Å²) in [6.07, 6.45) is -4.45. The van der Waals surface area contributed by atoms with Crippen molar-refractivity contribution in [1.29, 1.82) is 0 Å². The number of benzene rings is 1. The highest BCUT2D eigenvalue weighted by atomic mass is 19.3. The molecule has 4 atom stereocenters. The molecule has 2 heterocycles. The molecule has 2 aromatic rings. The van der Waals surface area contributed by atoms with Gasteiger partial charge in [-0.15, -0.1) is 0 Å². The van der Waals surface area contributed by atoms with Crippen molar-refractivity contribution < 1.29 is 26.7 Å². The van der Waals surface area contributed by atoms with E-state index in [1.165, 1.54) is 19.1 Å². The SMILES string of the molecule is C[C@@H](NC(=O)c1cn(C2(C(F)F)CC2)c(=O)cc1N[C@@H]1[C@@H]2CNC[C@@H]21)c1cccc(C(F)F)c1F. The van der Waals surface area contributed by atoms with E-state index < -0.39 is 47.3 Å². The van der Waals surface area contributed by atoms with E-state index in [2.05, 4.69) is 16.0 Å². The number of carbonyl (C=O) groups excluding carboxylic acids is 1. The van der Waals surface area contributed by atoms with Gasteiger partial charge in [-0.25, -0.2) is 22.0 Å². The van der Waals surface area contributed by atoms with Crippen molar-refractivity contribution in [3.8, 4) is 0 Å². The molecule has 3 fully saturated rings. The van der Waals surface area contributed by atoms with Crippen LogP contribution in [0.1, 0.15) is 53.7 Å². The Morgan fingerprint density at radius 3 is 2.40 bits per heavy atom. The summed E-state index contributed by atoms with van der Waals surface area (Å²) in [4.78, 5) is 26.0. The smallest absolute Gasteiger partial charge is 0.266 e. The van der Waals surface area contributed by atoms with Crippen molar-refractivity contribution in [3.63, 3.8) is 0 Å². The average Bonchev–Trinajstić information content (AvgIpc) is 3.68. The number of hydrogen-bond donors (Lipinski definition) is 3. The molecule has 3 aliphatic rings. The summed E-state index contributed by atoms with van der Waals surface area (Å²) in [5.41, 5.74) is -3.02. The summed E-state index contributed by atoms with van der Waals surface area (Å²) < 4.78 is 69.2. The lowest BCUT2D eigenvalue weighted by atomic mass is 10.0. The molecule has 6 nitrogen and oxygen atoms in total. The van der Waals surface area contributed by atoms with Crippen molar-refractivity contribution in [2.24, 2.45) is 11.8 Å². The third-order valence-corrected chi connectivity index (χ3v) is 7.47. The molecule has 0 radical (unpaired) electrons. The van der Waals surface area contributed by atoms with Gasteiger partial charge < -0.3 is 20.5 Å². The fourth-order valence-corrected chi connectivity index (χ4v) is 5.11. The average molecular weight is 496 g/mol. The van der Waals surface area contributed by atoms with Crippen molar-refractivity contribution >= 4 is 11.6 Å². The number of hydrogen-bond acceptors (Lipinski definition) is 4. The first kappa shape index (κ1) is 23.8. The summed E-state index contributed by atoms with van der Waals surface area (Å²) in [7, 11) is 0. The fourth-order valence-electron chi connectivity index (χ4n) is 5.11. The maximum atomic E-state index is 14.6. The van der Waals surface area contributed by atoms with Crippen LogP contribution in [0.15, 0.2) is 35.3 Å². The lowest BCUT2D eigenvalue weighted by molar-refractivity contribution is 0.0648. The van der Waals surface area contributed by atoms with Crippen LogP contribution in [0.25, 0.3) is 0 Å². The third-order valence-electron chi connectivity index (χ3n) is 7.47. The number of anilines is 1. The molecular formula is C24H25F5N4O2. The molecule has 0 bridgehead atoms. The number of piperidine rings is 1. The second-order valence-electron chi connectivity index (χ2n) is 9.62. The molecule has 2 aliphatic carbocycles. The van der Waals surface area contributed by atoms with Gasteiger partial charge in [-0.2, -0.15) is 0 Å². The van der Waals surface area contributed by atoms with E-state index in [0.29, 0.717) is 11.8 Å². The quantitative estimate of drug-likeness (QED) is 0.486. The van der Waals surface area contributed by atoms with Crippen molar-refractivity contribution in [3.05, 3.63) is 63.3 Å². The second kappa shape index (κ2) is 8.61. The van der Waals surface area contributed by atoms with E-state index >= 15 is 0 Å². The summed E-state index contributed by atoms with van der Waals surface area (Å²) >= 11 is 0. The summed E-state index contributed by atoms with van der Waals surface area (Å²) in [6.45, 7) is 3.03. The largest absolute Gasteiger partial charge is 0.381 e. The number of pyridine rings is 1. The van der Waals surface area contributed by atoms with Gasteiger partial charge in [0, 0.05) is 37.0 Å². The highest BCUT2D eigenvalue weighted by Crippen LogP contribution is 2.48. The van der Waals surface area contributed by atoms with Gasteiger partial charge in [0.1, 0.15) is 11.4 Å². The van der Waals surface area contributed by atoms with Crippen LogP contribution in [-0.4, -0.2) is 36.0 Å². The van der Waals surface area contributed by atoms with Crippen molar-refractivity contribution in [2.75, 3.05) is 18.4 Å². The van der Waals surface area contributed by atoms with Gasteiger partial charge in [0.15, 0.2) is 0 Å². The van der Waals surface area contributed by atoms with E-state index in [4.69, 9.17) is 0 Å². The molecule has 1 aromatic heterocycles. The summed E-state index contributed by atoms with van der Waals surface area (Å²) in [6, 6.07) is 3.73. The van der Waals surface area contributed by atoms with E-state index in [-0.39, 0.29) is 35.7 Å². The van der Waals surface area contributed by atoms with Crippen LogP contribution in [0.4, 0.5) is 27.6 Å². The molecule has 2 saturated carbocycles. The number of fused-ring (bicyclic) bond motifs is 1. The van der Waals surface area contributed by atoms with Crippen LogP contribution in [0, 0.1) is 17.7 Å². The number of halogens is 5. The van der Waals surface area contributed by atoms with Gasteiger partial charge in [-0.1, -0.05) is 18.2 Å². The minimum absolute atomic E-state index is 0.0354. The lowest BCUT2D eigenvalue weighted by Gasteiger charge is -2.22. The summed E-state index contributed by atoms with van der Waals surface area (Å²) in [5, 5.41) is 9.02. The zero-order valence-electron chi connectivity index (χ0n) is 18.8. The molecule has 3 N–H and O–H groups in total. The highest BCUT2D eigenvalue weighted by Gasteiger charge is 2.55. The Hall–Kier alpha value is -2.95. The van der Waals surface area contributed by atoms with Gasteiger partial charge in [0.2, 0.25) is 0 Å². The second-order valence-corrected chi connectivity index (χ2v) is 9.62. The first-order valence-electron chi connectivity index (χ1n) is 11.5. The van der Waals surface area contributed by atoms with Gasteiger partial charge in [0.25, 0.3) is 24.3 Å². The number of aromatic nitrogens is 1. The minimum Gasteiger partial charge on any atom is -0.381 e. The molecule has 0 spiro atoms. The van der Waals surface area contributed by atoms with E-state index in [9.17, 15) is 31.5 Å². The van der Waals surface area contributed by atoms with Crippen LogP contribution < -0.4 is 21.5 Å². The molecule has 5 rings (SSSR count). The molecular weight excluding hydrogens is 471 g/mol. The normalized spacial score (nSPS) is 24.9. The molecule has 0 unspecified atom stereocenters. The van der Waals surface area contributed by atoms with Crippen molar-refractivity contribution in [2.45, 2.75) is 50.2 Å². The van der Waals surface area contributed by atoms with Gasteiger partial charge in [-0.3, -0.25) is 9.59 Å². The topological polar surface area (TPSA) is 75.2 Å². The molecule has 1 saturated heterocycles. The van der Waals surface area contributed by atoms with Crippen LogP contribution >= 0.6 is 0 Å². The Balaban J connectivity index is 1.46. The number of carbonyl (C=O) groups is 1. The monoisotopic (exact) mass is 496 g/mol. The molecule has 188 valence electrons. The van der Waals surface area contributed by atoms with Crippen LogP contribution in [0.5, 0.6) is 0 Å². The third kappa shape index (κ3) is 4.09.